The van der Waals surface area contributed by atoms with Gasteiger partial charge < -0.3 is 16.5 Å². The molecule has 0 amide bonds. The van der Waals surface area contributed by atoms with E-state index >= 15 is 0 Å². The largest absolute Gasteiger partial charge is 2.00 e. The molecule has 0 saturated carbocycles. The number of rotatable bonds is 0. The zero-order valence-electron chi connectivity index (χ0n) is 3.46. The van der Waals surface area contributed by atoms with Crippen molar-refractivity contribution in [1.29, 1.82) is 0 Å². The van der Waals surface area contributed by atoms with Gasteiger partial charge in [0.15, 0.2) is 0 Å². The fraction of sp³-hybridized carbons (Fsp3) is 0. The van der Waals surface area contributed by atoms with Gasteiger partial charge in [-0.2, -0.15) is 0 Å². The molecule has 0 aliphatic heterocycles. The first-order valence-corrected chi connectivity index (χ1v) is 0.836. The maximum atomic E-state index is 8.24. The quantitative estimate of drug-likeness (QED) is 0.548. The summed E-state index contributed by atoms with van der Waals surface area (Å²) in [5, 5.41) is 6.76. The van der Waals surface area contributed by atoms with Crippen molar-refractivity contribution in [2.24, 2.45) is 0 Å². The van der Waals surface area contributed by atoms with Crippen LogP contribution in [0.15, 0.2) is 6.58 Å². The second-order valence-corrected chi connectivity index (χ2v) is 0.0913. The summed E-state index contributed by atoms with van der Waals surface area (Å²) in [4.78, 5) is 8.24. The zero-order chi connectivity index (χ0) is 4.71. The molecule has 0 saturated heterocycles. The first-order valence-electron chi connectivity index (χ1n) is 0.836. The smallest absolute Gasteiger partial charge is 0.665 e. The molecule has 0 heterocycles. The molecule has 0 spiro atoms. The molecule has 0 aromatic carbocycles. The topological polar surface area (TPSA) is 37.3 Å². The van der Waals surface area contributed by atoms with E-state index < -0.39 is 0 Å². The predicted molar refractivity (Wildman–Crippen MR) is 18.2 cm³/mol. The van der Waals surface area contributed by atoms with Crippen LogP contribution in [-0.2, 0) is 46.9 Å². The van der Waals surface area contributed by atoms with Gasteiger partial charge in [-0.25, -0.2) is 0 Å². The summed E-state index contributed by atoms with van der Waals surface area (Å²) in [7, 11) is 0. The molecule has 40 valence electrons. The number of hydrogen-bond donors (Lipinski definition) is 1. The summed E-state index contributed by atoms with van der Waals surface area (Å²) in [6, 6.07) is 0. The van der Waals surface area contributed by atoms with Gasteiger partial charge in [-0.3, -0.25) is 6.58 Å². The van der Waals surface area contributed by atoms with Crippen molar-refractivity contribution in [2.45, 2.75) is 0 Å². The number of aliphatic hydroxyl groups excluding tert-OH is 1. The van der Waals surface area contributed by atoms with E-state index in [1.54, 1.807) is 0 Å². The summed E-state index contributed by atoms with van der Waals surface area (Å²) in [6.45, 7) is 7.50. The van der Waals surface area contributed by atoms with Gasteiger partial charge >= 0.3 is 21.1 Å². The molecule has 0 aliphatic rings. The van der Waals surface area contributed by atoms with Crippen LogP contribution in [0.1, 0.15) is 0 Å². The van der Waals surface area contributed by atoms with Crippen LogP contribution in [0.5, 0.6) is 0 Å². The molecule has 0 rings (SSSR count). The standard InChI is InChI=1S/C2H3.CHO2.2W/c1-2;2-1-3;;/h1H,2H2;(H,2,3);;/q2*-1;;+2. The fourth-order valence-corrected chi connectivity index (χ4v) is 0. The van der Waals surface area contributed by atoms with Gasteiger partial charge in [-0.1, -0.05) is 6.47 Å². The van der Waals surface area contributed by atoms with E-state index in [9.17, 15) is 0 Å². The van der Waals surface area contributed by atoms with E-state index in [1.807, 2.05) is 0 Å². The Hall–Kier alpha value is 0.587. The molecular weight excluding hydrogens is 436 g/mol. The van der Waals surface area contributed by atoms with Crippen LogP contribution in [0.3, 0.4) is 0 Å². The Morgan fingerprint density at radius 2 is 1.57 bits per heavy atom. The van der Waals surface area contributed by atoms with Crippen molar-refractivity contribution in [2.75, 3.05) is 0 Å². The van der Waals surface area contributed by atoms with E-state index in [4.69, 9.17) is 9.90 Å². The minimum absolute atomic E-state index is 0. The van der Waals surface area contributed by atoms with Gasteiger partial charge in [0.25, 0.3) is 0 Å². The van der Waals surface area contributed by atoms with E-state index in [-0.39, 0.29) is 42.1 Å². The predicted octanol–water partition coefficient (Wildman–Crippen LogP) is 0.212. The van der Waals surface area contributed by atoms with Gasteiger partial charge in [-0.05, 0) is 0 Å². The van der Waals surface area contributed by atoms with Crippen molar-refractivity contribution in [1.82, 2.24) is 0 Å². The van der Waals surface area contributed by atoms with Crippen molar-refractivity contribution in [3.05, 3.63) is 13.2 Å². The molecular formula is C3H4O2W2. The van der Waals surface area contributed by atoms with Gasteiger partial charge in [0.05, 0.1) is 0 Å². The molecule has 0 aromatic heterocycles. The second kappa shape index (κ2) is 81.7. The minimum Gasteiger partial charge on any atom is -0.665 e. The van der Waals surface area contributed by atoms with E-state index in [1.165, 1.54) is 0 Å². The Balaban J connectivity index is -0.0000000105. The van der Waals surface area contributed by atoms with Crippen LogP contribution in [0.4, 0.5) is 0 Å². The third-order valence-electron chi connectivity index (χ3n) is 0. The van der Waals surface area contributed by atoms with Gasteiger partial charge in [0.1, 0.15) is 0 Å². The second-order valence-electron chi connectivity index (χ2n) is 0.0913. The van der Waals surface area contributed by atoms with E-state index in [2.05, 4.69) is 13.2 Å². The molecule has 7 heavy (non-hydrogen) atoms. The molecule has 0 bridgehead atoms. The van der Waals surface area contributed by atoms with Crippen molar-refractivity contribution in [3.63, 3.8) is 0 Å². The van der Waals surface area contributed by atoms with Gasteiger partial charge in [0, 0.05) is 21.1 Å². The van der Waals surface area contributed by atoms with Crippen LogP contribution in [0.25, 0.3) is 0 Å². The van der Waals surface area contributed by atoms with Crippen molar-refractivity contribution in [3.8, 4) is 0 Å². The summed E-state index contributed by atoms with van der Waals surface area (Å²) >= 11 is 0. The zero-order valence-corrected chi connectivity index (χ0v) is 9.32. The van der Waals surface area contributed by atoms with Crippen LogP contribution in [0.2, 0.25) is 0 Å². The monoisotopic (exact) mass is 440 g/mol. The summed E-state index contributed by atoms with van der Waals surface area (Å²) < 4.78 is 0. The average Bonchev–Trinajstić information content (AvgIpc) is 1.46. The van der Waals surface area contributed by atoms with Crippen LogP contribution < -0.4 is 0 Å². The molecule has 0 radical (unpaired) electrons. The normalized spacial score (nSPS) is 2.29. The molecule has 0 fully saturated rings. The Morgan fingerprint density at radius 1 is 1.57 bits per heavy atom. The Morgan fingerprint density at radius 3 is 1.57 bits per heavy atom. The maximum Gasteiger partial charge on any atom is 2.00 e. The Labute approximate surface area is 71.5 Å². The third kappa shape index (κ3) is 403. The molecule has 0 atom stereocenters. The van der Waals surface area contributed by atoms with E-state index in [0.717, 1.165) is 0 Å². The summed E-state index contributed by atoms with van der Waals surface area (Å²) in [6.07, 6.45) is 0. The van der Waals surface area contributed by atoms with Crippen LogP contribution in [-0.4, -0.2) is 11.6 Å². The summed E-state index contributed by atoms with van der Waals surface area (Å²) in [5.41, 5.74) is 0. The maximum absolute atomic E-state index is 8.24. The third-order valence-corrected chi connectivity index (χ3v) is 0. The molecule has 1 N–H and O–H groups in total. The summed E-state index contributed by atoms with van der Waals surface area (Å²) in [5.74, 6) is 0. The van der Waals surface area contributed by atoms with Crippen molar-refractivity contribution < 1.29 is 52.0 Å². The molecule has 4 heteroatoms. The first-order chi connectivity index (χ1) is 2.41. The minimum atomic E-state index is 0. The molecule has 2 nitrogen and oxygen atoms in total. The first kappa shape index (κ1) is 25.6. The van der Waals surface area contributed by atoms with Gasteiger partial charge in [0.2, 0.25) is 0 Å². The van der Waals surface area contributed by atoms with Crippen LogP contribution >= 0.6 is 0 Å². The molecule has 0 aliphatic carbocycles. The van der Waals surface area contributed by atoms with Crippen LogP contribution in [0, 0.1) is 6.58 Å². The average molecular weight is 440 g/mol. The Kier molecular flexibility index (Phi) is 298. The van der Waals surface area contributed by atoms with Gasteiger partial charge in [-0.15, -0.1) is 0 Å². The molecule has 0 unspecified atom stereocenters. The Bertz CT molecular complexity index is 24.9. The SMILES string of the molecule is O=[C-]O.[CH-]=C.[W+2].[W]. The fourth-order valence-electron chi connectivity index (χ4n) is 0. The molecule has 0 aromatic rings. The van der Waals surface area contributed by atoms with E-state index in [0.29, 0.717) is 6.47 Å². The number of hydrogen-bond acceptors (Lipinski definition) is 1. The van der Waals surface area contributed by atoms with Crippen molar-refractivity contribution >= 4 is 6.47 Å².